The molecule has 3 unspecified atom stereocenters. The second-order valence-electron chi connectivity index (χ2n) is 11.2. The number of ether oxygens (including phenoxy) is 9. The first-order chi connectivity index (χ1) is 26.2. The van der Waals surface area contributed by atoms with Crippen LogP contribution in [-0.2, 0) is 61.8 Å². The van der Waals surface area contributed by atoms with Gasteiger partial charge in [-0.2, -0.15) is 0 Å². The van der Waals surface area contributed by atoms with Crippen molar-refractivity contribution in [1.29, 1.82) is 0 Å². The summed E-state index contributed by atoms with van der Waals surface area (Å²) in [6, 6.07) is -2.01. The summed E-state index contributed by atoms with van der Waals surface area (Å²) in [6.07, 6.45) is -2.78. The largest absolute Gasteiger partial charge is 0.469 e. The molecule has 0 heterocycles. The minimum absolute atomic E-state index is 0.0233. The van der Waals surface area contributed by atoms with Gasteiger partial charge in [-0.25, -0.2) is 33.6 Å². The van der Waals surface area contributed by atoms with Gasteiger partial charge in [0.15, 0.2) is 0 Å². The molecule has 0 aliphatic rings. The van der Waals surface area contributed by atoms with Gasteiger partial charge in [0.05, 0.1) is 55.0 Å². The van der Waals surface area contributed by atoms with E-state index in [4.69, 9.17) is 18.9 Å². The fourth-order valence-electron chi connectivity index (χ4n) is 4.45. The molecule has 0 rings (SSSR count). The van der Waals surface area contributed by atoms with Crippen LogP contribution in [0.25, 0.3) is 0 Å². The molecule has 0 aromatic rings. The van der Waals surface area contributed by atoms with Crippen molar-refractivity contribution in [3.8, 4) is 0 Å². The van der Waals surface area contributed by atoms with Crippen molar-refractivity contribution < 1.29 is 85.8 Å². The van der Waals surface area contributed by atoms with Crippen molar-refractivity contribution in [1.82, 2.24) is 26.6 Å². The van der Waals surface area contributed by atoms with E-state index in [2.05, 4.69) is 50.3 Å². The Kier molecular flexibility index (Phi) is 26.5. The molecule has 0 aromatic heterocycles. The quantitative estimate of drug-likeness (QED) is 0.0374. The first-order valence-electron chi connectivity index (χ1n) is 17.1. The van der Waals surface area contributed by atoms with E-state index in [9.17, 15) is 43.2 Å². The van der Waals surface area contributed by atoms with Crippen LogP contribution in [0.1, 0.15) is 64.2 Å². The molecule has 3 atom stereocenters. The Labute approximate surface area is 317 Å². The highest BCUT2D eigenvalue weighted by atomic mass is 16.9. The van der Waals surface area contributed by atoms with Crippen molar-refractivity contribution in [3.63, 3.8) is 0 Å². The van der Waals surface area contributed by atoms with Crippen LogP contribution >= 0.6 is 0 Å². The molecular weight excluding hydrogens is 742 g/mol. The van der Waals surface area contributed by atoms with Crippen molar-refractivity contribution in [2.45, 2.75) is 82.8 Å². The highest BCUT2D eigenvalue weighted by molar-refractivity contribution is 5.82. The smallest absolute Gasteiger partial charge is 0.415 e. The summed E-state index contributed by atoms with van der Waals surface area (Å²) < 4.78 is 42.6. The number of nitrogens with one attached hydrogen (secondary N) is 5. The first kappa shape index (κ1) is 49.2. The van der Waals surface area contributed by atoms with Gasteiger partial charge >= 0.3 is 60.8 Å². The predicted octanol–water partition coefficient (Wildman–Crippen LogP) is 1.11. The second-order valence-corrected chi connectivity index (χ2v) is 11.2. The maximum atomic E-state index is 12.9. The van der Waals surface area contributed by atoms with E-state index in [0.717, 1.165) is 35.5 Å². The van der Waals surface area contributed by atoms with Crippen LogP contribution in [0.2, 0.25) is 0 Å². The second kappa shape index (κ2) is 29.7. The van der Waals surface area contributed by atoms with Gasteiger partial charge in [-0.15, -0.1) is 0 Å². The molecular formula is C32H53N5O18. The van der Waals surface area contributed by atoms with E-state index in [-0.39, 0.29) is 51.7 Å². The minimum atomic E-state index is -2.21. The Morgan fingerprint density at radius 2 is 0.800 bits per heavy atom. The molecule has 0 aliphatic carbocycles. The lowest BCUT2D eigenvalue weighted by atomic mass is 9.98. The Bertz CT molecular complexity index is 1190. The third kappa shape index (κ3) is 23.5. The number of amides is 5. The molecule has 23 nitrogen and oxygen atoms in total. The van der Waals surface area contributed by atoms with Crippen LogP contribution in [0.15, 0.2) is 0 Å². The van der Waals surface area contributed by atoms with Gasteiger partial charge in [0.1, 0.15) is 12.1 Å². The maximum Gasteiger partial charge on any atom is 0.415 e. The summed E-state index contributed by atoms with van der Waals surface area (Å²) in [4.78, 5) is 108. The SMILES string of the molecule is COC(=O)NCCCCC(CC(=O)OC(OC(=O)NCCCCC(NC(=O)OC)C(=O)OC)OC(=O)NCCCCC(NC(=O)OC)C(=O)OC)C(=O)OC. The van der Waals surface area contributed by atoms with Gasteiger partial charge in [0.25, 0.3) is 0 Å². The summed E-state index contributed by atoms with van der Waals surface area (Å²) in [5.74, 6) is -4.23. The van der Waals surface area contributed by atoms with E-state index in [1.54, 1.807) is 0 Å². The van der Waals surface area contributed by atoms with Crippen molar-refractivity contribution in [2.75, 3.05) is 62.3 Å². The molecule has 5 amide bonds. The minimum Gasteiger partial charge on any atom is -0.469 e. The summed E-state index contributed by atoms with van der Waals surface area (Å²) >= 11 is 0. The molecule has 5 N–H and O–H groups in total. The third-order valence-corrected chi connectivity index (χ3v) is 7.32. The predicted molar refractivity (Wildman–Crippen MR) is 184 cm³/mol. The lowest BCUT2D eigenvalue weighted by Crippen LogP contribution is -2.41. The van der Waals surface area contributed by atoms with E-state index in [1.807, 2.05) is 0 Å². The zero-order valence-corrected chi connectivity index (χ0v) is 31.9. The first-order valence-corrected chi connectivity index (χ1v) is 17.1. The van der Waals surface area contributed by atoms with Crippen LogP contribution in [0.5, 0.6) is 0 Å². The lowest BCUT2D eigenvalue weighted by Gasteiger charge is -2.20. The van der Waals surface area contributed by atoms with Crippen LogP contribution in [0.4, 0.5) is 24.0 Å². The van der Waals surface area contributed by atoms with E-state index in [1.165, 1.54) is 7.11 Å². The van der Waals surface area contributed by atoms with Crippen LogP contribution < -0.4 is 26.6 Å². The van der Waals surface area contributed by atoms with E-state index < -0.39 is 85.2 Å². The number of esters is 4. The molecule has 0 aromatic carbocycles. The number of rotatable bonds is 25. The molecule has 0 radical (unpaired) electrons. The fourth-order valence-corrected chi connectivity index (χ4v) is 4.45. The number of hydrogen-bond acceptors (Lipinski definition) is 18. The Morgan fingerprint density at radius 3 is 1.18 bits per heavy atom. The van der Waals surface area contributed by atoms with Crippen LogP contribution in [-0.4, -0.2) is 135 Å². The monoisotopic (exact) mass is 795 g/mol. The van der Waals surface area contributed by atoms with Gasteiger partial charge in [0, 0.05) is 19.6 Å². The standard InChI is InChI=1S/C32H53N5O18/c1-47-24(39)20(13-7-10-16-33-27(42)50-4)19-23(38)53-32(54-28(43)34-17-11-8-14-21(25(40)48-2)36-30(45)51-5)55-29(44)35-18-12-9-15-22(26(41)49-3)37-31(46)52-6/h20-22,32H,7-19H2,1-6H3,(H,33,42)(H,34,43)(H,35,44)(H,36,45)(H,37,46). The number of carbonyl (C=O) groups is 9. The number of hydrogen-bond donors (Lipinski definition) is 5. The van der Waals surface area contributed by atoms with Gasteiger partial charge in [-0.05, 0) is 51.4 Å². The molecule has 0 fully saturated rings. The Morgan fingerprint density at radius 1 is 0.418 bits per heavy atom. The van der Waals surface area contributed by atoms with Crippen molar-refractivity contribution in [2.24, 2.45) is 5.92 Å². The topological polar surface area (TPSA) is 297 Å². The molecule has 0 saturated carbocycles. The maximum absolute atomic E-state index is 12.9. The molecule has 55 heavy (non-hydrogen) atoms. The van der Waals surface area contributed by atoms with Crippen LogP contribution in [0.3, 0.4) is 0 Å². The Balaban J connectivity index is 5.37. The molecule has 0 bridgehead atoms. The number of methoxy groups -OCH3 is 6. The fraction of sp³-hybridized carbons (Fsp3) is 0.719. The van der Waals surface area contributed by atoms with Gasteiger partial charge in [-0.1, -0.05) is 6.42 Å². The highest BCUT2D eigenvalue weighted by Crippen LogP contribution is 2.17. The zero-order chi connectivity index (χ0) is 41.6. The van der Waals surface area contributed by atoms with Crippen molar-refractivity contribution in [3.05, 3.63) is 0 Å². The summed E-state index contributed by atoms with van der Waals surface area (Å²) in [5, 5.41) is 11.9. The normalized spacial score (nSPS) is 12.4. The average Bonchev–Trinajstić information content (AvgIpc) is 3.17. The highest BCUT2D eigenvalue weighted by Gasteiger charge is 2.29. The van der Waals surface area contributed by atoms with E-state index >= 15 is 0 Å². The number of carbonyl (C=O) groups excluding carboxylic acids is 9. The summed E-state index contributed by atoms with van der Waals surface area (Å²) in [7, 11) is 6.89. The van der Waals surface area contributed by atoms with Crippen molar-refractivity contribution >= 4 is 54.3 Å². The molecule has 314 valence electrons. The Hall–Kier alpha value is -5.77. The molecule has 0 spiro atoms. The van der Waals surface area contributed by atoms with Crippen LogP contribution in [0, 0.1) is 5.92 Å². The molecule has 23 heteroatoms. The average molecular weight is 796 g/mol. The number of unbranched alkanes of at least 4 members (excludes halogenated alkanes) is 3. The third-order valence-electron chi connectivity index (χ3n) is 7.32. The van der Waals surface area contributed by atoms with Gasteiger partial charge in [-0.3, -0.25) is 9.59 Å². The lowest BCUT2D eigenvalue weighted by molar-refractivity contribution is -0.228. The summed E-state index contributed by atoms with van der Waals surface area (Å²) in [6.45, 7) is -2.02. The zero-order valence-electron chi connectivity index (χ0n) is 31.9. The summed E-state index contributed by atoms with van der Waals surface area (Å²) in [5.41, 5.74) is 0. The van der Waals surface area contributed by atoms with Gasteiger partial charge < -0.3 is 69.2 Å². The molecule has 0 aliphatic heterocycles. The van der Waals surface area contributed by atoms with E-state index in [0.29, 0.717) is 25.7 Å². The van der Waals surface area contributed by atoms with Gasteiger partial charge in [0.2, 0.25) is 0 Å². The molecule has 0 saturated heterocycles. The number of alkyl carbamates (subject to hydrolysis) is 5.